The largest absolute Gasteiger partial charge is 0.426 e. The maximum absolute atomic E-state index is 13.5. The molecule has 0 aliphatic carbocycles. The van der Waals surface area contributed by atoms with Crippen molar-refractivity contribution in [3.05, 3.63) is 0 Å². The summed E-state index contributed by atoms with van der Waals surface area (Å²) in [7, 11) is 0. The highest BCUT2D eigenvalue weighted by atomic mass is 19.4. The maximum atomic E-state index is 13.5. The lowest BCUT2D eigenvalue weighted by Gasteiger charge is -2.43. The number of rotatable bonds is 12. The molecule has 0 saturated heterocycles. The molecule has 0 aromatic carbocycles. The molecule has 1 atom stereocenters. The van der Waals surface area contributed by atoms with Crippen LogP contribution in [0.2, 0.25) is 0 Å². The van der Waals surface area contributed by atoms with Gasteiger partial charge in [0.15, 0.2) is 6.17 Å². The van der Waals surface area contributed by atoms with Gasteiger partial charge in [-0.25, -0.2) is 4.39 Å². The summed E-state index contributed by atoms with van der Waals surface area (Å²) in [5.74, 6) is -56.7. The third-order valence-electron chi connectivity index (χ3n) is 3.88. The average Bonchev–Trinajstić information content (AvgIpc) is 2.64. The Morgan fingerprint density at radius 1 is 0.594 bits per heavy atom. The van der Waals surface area contributed by atoms with Gasteiger partial charge in [-0.2, -0.15) is 70.2 Å². The van der Waals surface area contributed by atoms with E-state index < -0.39 is 73.4 Å². The number of halogens is 17. The van der Waals surface area contributed by atoms with E-state index in [1.807, 2.05) is 0 Å². The molecule has 0 heterocycles. The Morgan fingerprint density at radius 3 is 1.22 bits per heavy atom. The van der Waals surface area contributed by atoms with Gasteiger partial charge in [-0.15, -0.1) is 0 Å². The Balaban J connectivity index is 6.71. The standard InChI is InChI=1S/C13H11F17O2/c1-2-5(14)6(15,16)7(17,18)8(19,20)9(21,22)10(23,24)11(25,26)12(27,28)13(29,30)32-4-3-31/h5,31H,2-4H2,1H3. The van der Waals surface area contributed by atoms with Crippen molar-refractivity contribution in [3.63, 3.8) is 0 Å². The molecule has 0 spiro atoms. The summed E-state index contributed by atoms with van der Waals surface area (Å²) in [5.41, 5.74) is 0. The molecule has 0 aliphatic heterocycles. The molecule has 0 rings (SSSR count). The highest BCUT2D eigenvalue weighted by Crippen LogP contribution is 2.64. The molecule has 19 heteroatoms. The van der Waals surface area contributed by atoms with Crippen LogP contribution in [0.5, 0.6) is 0 Å². The van der Waals surface area contributed by atoms with Crippen LogP contribution in [-0.4, -0.2) is 72.1 Å². The molecule has 0 aromatic rings. The molecule has 0 radical (unpaired) electrons. The molecule has 0 fully saturated rings. The van der Waals surface area contributed by atoms with E-state index in [-0.39, 0.29) is 6.92 Å². The summed E-state index contributed by atoms with van der Waals surface area (Å²) in [5, 5.41) is 8.08. The summed E-state index contributed by atoms with van der Waals surface area (Å²) in [6.07, 6.45) is -13.2. The first-order valence-corrected chi connectivity index (χ1v) is 7.70. The van der Waals surface area contributed by atoms with E-state index in [0.717, 1.165) is 0 Å². The molecule has 0 bridgehead atoms. The third kappa shape index (κ3) is 3.96. The normalized spacial score (nSPS) is 17.0. The lowest BCUT2D eigenvalue weighted by atomic mass is 9.87. The molecule has 0 saturated carbocycles. The van der Waals surface area contributed by atoms with Gasteiger partial charge in [0.2, 0.25) is 0 Å². The summed E-state index contributed by atoms with van der Waals surface area (Å²) in [6, 6.07) is 0. The number of alkyl halides is 17. The zero-order chi connectivity index (χ0) is 26.4. The average molecular weight is 522 g/mol. The first kappa shape index (κ1) is 30.7. The van der Waals surface area contributed by atoms with Gasteiger partial charge in [0.05, 0.1) is 13.2 Å². The zero-order valence-electron chi connectivity index (χ0n) is 15.0. The van der Waals surface area contributed by atoms with Crippen LogP contribution in [0.3, 0.4) is 0 Å². The van der Waals surface area contributed by atoms with Crippen molar-refractivity contribution in [1.29, 1.82) is 0 Å². The van der Waals surface area contributed by atoms with Gasteiger partial charge in [0.1, 0.15) is 0 Å². The highest BCUT2D eigenvalue weighted by Gasteiger charge is 2.95. The molecule has 1 N–H and O–H groups in total. The SMILES string of the molecule is CCC(F)C(F)(F)C(F)(F)C(F)(F)C(F)(F)C(F)(F)C(F)(F)C(F)(F)C(F)(F)OCCO. The van der Waals surface area contributed by atoms with E-state index in [1.54, 1.807) is 0 Å². The van der Waals surface area contributed by atoms with E-state index in [9.17, 15) is 74.6 Å². The monoisotopic (exact) mass is 522 g/mol. The fourth-order valence-corrected chi connectivity index (χ4v) is 1.90. The number of hydrogen-bond acceptors (Lipinski definition) is 2. The molecule has 0 aromatic heterocycles. The van der Waals surface area contributed by atoms with E-state index in [4.69, 9.17) is 5.11 Å². The molecular weight excluding hydrogens is 511 g/mol. The summed E-state index contributed by atoms with van der Waals surface area (Å²) in [4.78, 5) is 0. The quantitative estimate of drug-likeness (QED) is 0.330. The van der Waals surface area contributed by atoms with Gasteiger partial charge in [0, 0.05) is 0 Å². The van der Waals surface area contributed by atoms with E-state index in [0.29, 0.717) is 0 Å². The van der Waals surface area contributed by atoms with Gasteiger partial charge in [-0.05, 0) is 6.42 Å². The summed E-state index contributed by atoms with van der Waals surface area (Å²) in [6.45, 7) is -3.45. The predicted molar refractivity (Wildman–Crippen MR) is 67.8 cm³/mol. The number of aliphatic hydroxyl groups excluding tert-OH is 1. The Bertz CT molecular complexity index is 644. The molecule has 1 unspecified atom stereocenters. The second kappa shape index (κ2) is 8.50. The smallest absolute Gasteiger partial charge is 0.394 e. The molecule has 0 aliphatic rings. The minimum Gasteiger partial charge on any atom is -0.394 e. The van der Waals surface area contributed by atoms with Crippen LogP contribution >= 0.6 is 0 Å². The van der Waals surface area contributed by atoms with Crippen molar-refractivity contribution in [2.45, 2.75) is 67.1 Å². The van der Waals surface area contributed by atoms with Crippen molar-refractivity contribution in [3.8, 4) is 0 Å². The Morgan fingerprint density at radius 2 is 0.906 bits per heavy atom. The fraction of sp³-hybridized carbons (Fsp3) is 1.00. The van der Waals surface area contributed by atoms with Crippen LogP contribution in [-0.2, 0) is 4.74 Å². The molecule has 2 nitrogen and oxygen atoms in total. The first-order valence-electron chi connectivity index (χ1n) is 7.70. The van der Waals surface area contributed by atoms with Crippen molar-refractivity contribution in [2.24, 2.45) is 0 Å². The van der Waals surface area contributed by atoms with Gasteiger partial charge >= 0.3 is 47.6 Å². The van der Waals surface area contributed by atoms with E-state index in [1.165, 1.54) is 0 Å². The summed E-state index contributed by atoms with van der Waals surface area (Å²) < 4.78 is 229. The summed E-state index contributed by atoms with van der Waals surface area (Å²) >= 11 is 0. The van der Waals surface area contributed by atoms with E-state index in [2.05, 4.69) is 4.74 Å². The lowest BCUT2D eigenvalue weighted by Crippen LogP contribution is -2.75. The van der Waals surface area contributed by atoms with Crippen molar-refractivity contribution in [2.75, 3.05) is 13.2 Å². The number of aliphatic hydroxyl groups is 1. The van der Waals surface area contributed by atoms with Gasteiger partial charge in [-0.3, -0.25) is 0 Å². The van der Waals surface area contributed by atoms with Crippen LogP contribution < -0.4 is 0 Å². The molecule has 0 amide bonds. The second-order valence-corrected chi connectivity index (χ2v) is 6.03. The maximum Gasteiger partial charge on any atom is 0.426 e. The Hall–Kier alpha value is -1.27. The minimum absolute atomic E-state index is 0.253. The van der Waals surface area contributed by atoms with Gasteiger partial charge in [-0.1, -0.05) is 6.92 Å². The predicted octanol–water partition coefficient (Wildman–Crippen LogP) is 5.78. The fourth-order valence-electron chi connectivity index (χ4n) is 1.90. The van der Waals surface area contributed by atoms with Crippen LogP contribution in [0.15, 0.2) is 0 Å². The van der Waals surface area contributed by atoms with Crippen LogP contribution in [0, 0.1) is 0 Å². The lowest BCUT2D eigenvalue weighted by molar-refractivity contribution is -0.474. The molecule has 194 valence electrons. The Labute approximate surface area is 166 Å². The van der Waals surface area contributed by atoms with Crippen molar-refractivity contribution in [1.82, 2.24) is 0 Å². The van der Waals surface area contributed by atoms with Crippen molar-refractivity contribution < 1.29 is 84.5 Å². The minimum atomic E-state index is -8.61. The van der Waals surface area contributed by atoms with Crippen molar-refractivity contribution >= 4 is 0 Å². The third-order valence-corrected chi connectivity index (χ3v) is 3.88. The zero-order valence-corrected chi connectivity index (χ0v) is 15.0. The van der Waals surface area contributed by atoms with Gasteiger partial charge < -0.3 is 9.84 Å². The molecular formula is C13H11F17O2. The van der Waals surface area contributed by atoms with Gasteiger partial charge in [0.25, 0.3) is 0 Å². The van der Waals surface area contributed by atoms with Crippen LogP contribution in [0.25, 0.3) is 0 Å². The first-order chi connectivity index (χ1) is 13.8. The highest BCUT2D eigenvalue weighted by molar-refractivity contribution is 5.15. The van der Waals surface area contributed by atoms with Crippen LogP contribution in [0.1, 0.15) is 13.3 Å². The Kier molecular flexibility index (Phi) is 8.16. The second-order valence-electron chi connectivity index (χ2n) is 6.03. The molecule has 32 heavy (non-hydrogen) atoms. The van der Waals surface area contributed by atoms with E-state index >= 15 is 0 Å². The number of hydrogen-bond donors (Lipinski definition) is 1. The van der Waals surface area contributed by atoms with Crippen LogP contribution in [0.4, 0.5) is 74.6 Å². The topological polar surface area (TPSA) is 29.5 Å². The number of ether oxygens (including phenoxy) is 1.